The van der Waals surface area contributed by atoms with Gasteiger partial charge in [0.15, 0.2) is 0 Å². The Labute approximate surface area is 187 Å². The van der Waals surface area contributed by atoms with Crippen molar-refractivity contribution in [2.24, 2.45) is 4.99 Å². The smallest absolute Gasteiger partial charge is 0.260 e. The van der Waals surface area contributed by atoms with Crippen molar-refractivity contribution in [1.29, 1.82) is 0 Å². The second-order valence-corrected chi connectivity index (χ2v) is 8.35. The van der Waals surface area contributed by atoms with E-state index in [0.717, 1.165) is 11.8 Å². The topological polar surface area (TPSA) is 96.9 Å². The number of aliphatic imine (C=N–C) groups is 1. The summed E-state index contributed by atoms with van der Waals surface area (Å²) in [5.41, 5.74) is 1.000. The highest BCUT2D eigenvalue weighted by molar-refractivity contribution is 8.15. The van der Waals surface area contributed by atoms with Gasteiger partial charge in [-0.1, -0.05) is 47.1 Å². The lowest BCUT2D eigenvalue weighted by molar-refractivity contribution is -0.121. The number of thioether (sulfide) groups is 1. The maximum Gasteiger partial charge on any atom is 0.260 e. The molecule has 0 spiro atoms. The van der Waals surface area contributed by atoms with Crippen LogP contribution in [0.25, 0.3) is 0 Å². The number of amides is 3. The summed E-state index contributed by atoms with van der Waals surface area (Å²) >= 11 is 12.9. The lowest BCUT2D eigenvalue weighted by Gasteiger charge is -2.10. The van der Waals surface area contributed by atoms with Crippen LogP contribution in [0.5, 0.6) is 5.75 Å². The molecule has 1 heterocycles. The first-order valence-corrected chi connectivity index (χ1v) is 10.4. The van der Waals surface area contributed by atoms with Crippen molar-refractivity contribution in [3.63, 3.8) is 0 Å². The lowest BCUT2D eigenvalue weighted by atomic mass is 10.2. The predicted octanol–water partition coefficient (Wildman–Crippen LogP) is 4.40. The molecule has 156 valence electrons. The molecule has 1 atom stereocenters. The van der Waals surface area contributed by atoms with E-state index in [1.807, 2.05) is 0 Å². The molecule has 0 aromatic heterocycles. The molecule has 0 radical (unpaired) electrons. The summed E-state index contributed by atoms with van der Waals surface area (Å²) < 4.78 is 5.19. The number of nitrogens with one attached hydrogen (secondary N) is 2. The highest BCUT2D eigenvalue weighted by atomic mass is 35.5. The lowest BCUT2D eigenvalue weighted by Crippen LogP contribution is -2.21. The summed E-state index contributed by atoms with van der Waals surface area (Å²) in [5.74, 6) is -0.613. The minimum absolute atomic E-state index is 0.0701. The van der Waals surface area contributed by atoms with Crippen molar-refractivity contribution in [2.75, 3.05) is 17.7 Å². The number of rotatable bonds is 7. The quantitative estimate of drug-likeness (QED) is 0.631. The number of methoxy groups -OCH3 is 1. The summed E-state index contributed by atoms with van der Waals surface area (Å²) in [6, 6.07) is 11.7. The zero-order valence-electron chi connectivity index (χ0n) is 15.8. The first kappa shape index (κ1) is 22.1. The molecular weight excluding hydrogens is 449 g/mol. The summed E-state index contributed by atoms with van der Waals surface area (Å²) in [6.45, 7) is 0. The molecule has 1 aliphatic rings. The second kappa shape index (κ2) is 9.97. The number of ether oxygens (including phenoxy) is 1. The molecule has 10 heteroatoms. The maximum absolute atomic E-state index is 12.3. The van der Waals surface area contributed by atoms with Crippen LogP contribution in [-0.2, 0) is 14.4 Å². The number of nitrogens with zero attached hydrogens (tertiary/aromatic N) is 1. The fraction of sp³-hybridized carbons (Fsp3) is 0.200. The van der Waals surface area contributed by atoms with E-state index in [1.54, 1.807) is 36.4 Å². The minimum atomic E-state index is -0.679. The number of anilines is 2. The fourth-order valence-electron chi connectivity index (χ4n) is 2.68. The van der Waals surface area contributed by atoms with E-state index in [-0.39, 0.29) is 24.7 Å². The molecule has 3 amide bonds. The van der Waals surface area contributed by atoms with Crippen LogP contribution < -0.4 is 15.4 Å². The van der Waals surface area contributed by atoms with Gasteiger partial charge < -0.3 is 15.4 Å². The van der Waals surface area contributed by atoms with Crippen LogP contribution >= 0.6 is 35.0 Å². The third-order valence-electron chi connectivity index (χ3n) is 4.06. The SMILES string of the molecule is COc1ccccc1NC(=O)CC1=NC(=O)C(CC(=O)Nc2ccc(Cl)c(Cl)c2)S1. The minimum Gasteiger partial charge on any atom is -0.495 e. The van der Waals surface area contributed by atoms with Gasteiger partial charge in [0.2, 0.25) is 11.8 Å². The molecule has 1 aliphatic heterocycles. The Hall–Kier alpha value is -2.55. The first-order valence-electron chi connectivity index (χ1n) is 8.81. The molecule has 2 N–H and O–H groups in total. The van der Waals surface area contributed by atoms with Gasteiger partial charge >= 0.3 is 0 Å². The van der Waals surface area contributed by atoms with Crippen LogP contribution in [0.1, 0.15) is 12.8 Å². The first-order chi connectivity index (χ1) is 14.4. The number of hydrogen-bond donors (Lipinski definition) is 2. The van der Waals surface area contributed by atoms with Crippen LogP contribution in [0.2, 0.25) is 10.0 Å². The van der Waals surface area contributed by atoms with Gasteiger partial charge in [0.1, 0.15) is 11.0 Å². The summed E-state index contributed by atoms with van der Waals surface area (Å²) in [6.07, 6.45) is -0.149. The molecule has 3 rings (SSSR count). The second-order valence-electron chi connectivity index (χ2n) is 6.26. The Morgan fingerprint density at radius 3 is 2.60 bits per heavy atom. The molecule has 0 bridgehead atoms. The van der Waals surface area contributed by atoms with Gasteiger partial charge in [0.05, 0.1) is 34.3 Å². The van der Waals surface area contributed by atoms with E-state index < -0.39 is 11.2 Å². The van der Waals surface area contributed by atoms with Crippen molar-refractivity contribution >= 4 is 69.1 Å². The average molecular weight is 466 g/mol. The van der Waals surface area contributed by atoms with Crippen molar-refractivity contribution < 1.29 is 19.1 Å². The van der Waals surface area contributed by atoms with E-state index >= 15 is 0 Å². The van der Waals surface area contributed by atoms with Crippen molar-refractivity contribution in [3.05, 3.63) is 52.5 Å². The van der Waals surface area contributed by atoms with Gasteiger partial charge in [-0.15, -0.1) is 0 Å². The van der Waals surface area contributed by atoms with Crippen LogP contribution in [0.3, 0.4) is 0 Å². The van der Waals surface area contributed by atoms with E-state index in [4.69, 9.17) is 27.9 Å². The maximum atomic E-state index is 12.3. The molecule has 7 nitrogen and oxygen atoms in total. The summed E-state index contributed by atoms with van der Waals surface area (Å²) in [5, 5.41) is 5.77. The van der Waals surface area contributed by atoms with Crippen molar-refractivity contribution in [2.45, 2.75) is 18.1 Å². The molecule has 0 aliphatic carbocycles. The normalized spacial score (nSPS) is 15.5. The van der Waals surface area contributed by atoms with Crippen LogP contribution in [0, 0.1) is 0 Å². The molecule has 2 aromatic carbocycles. The van der Waals surface area contributed by atoms with Gasteiger partial charge in [-0.05, 0) is 30.3 Å². The van der Waals surface area contributed by atoms with Gasteiger partial charge in [-0.3, -0.25) is 14.4 Å². The zero-order chi connectivity index (χ0) is 21.7. The Morgan fingerprint density at radius 2 is 1.87 bits per heavy atom. The van der Waals surface area contributed by atoms with Crippen LogP contribution in [0.15, 0.2) is 47.5 Å². The third kappa shape index (κ3) is 5.75. The van der Waals surface area contributed by atoms with Crippen LogP contribution in [0.4, 0.5) is 11.4 Å². The number of halogens is 2. The molecule has 30 heavy (non-hydrogen) atoms. The van der Waals surface area contributed by atoms with Crippen LogP contribution in [-0.4, -0.2) is 35.1 Å². The molecule has 0 fully saturated rings. The van der Waals surface area contributed by atoms with Gasteiger partial charge in [-0.25, -0.2) is 4.99 Å². The number of benzene rings is 2. The molecular formula is C20H17Cl2N3O4S. The van der Waals surface area contributed by atoms with E-state index in [2.05, 4.69) is 15.6 Å². The number of carbonyl (C=O) groups is 3. The molecule has 1 unspecified atom stereocenters. The predicted molar refractivity (Wildman–Crippen MR) is 120 cm³/mol. The third-order valence-corrected chi connectivity index (χ3v) is 5.96. The summed E-state index contributed by atoms with van der Waals surface area (Å²) in [7, 11) is 1.51. The highest BCUT2D eigenvalue weighted by Gasteiger charge is 2.31. The number of para-hydroxylation sites is 2. The van der Waals surface area contributed by atoms with E-state index in [9.17, 15) is 14.4 Å². The average Bonchev–Trinajstić information content (AvgIpc) is 3.03. The molecule has 2 aromatic rings. The fourth-order valence-corrected chi connectivity index (χ4v) is 4.05. The highest BCUT2D eigenvalue weighted by Crippen LogP contribution is 2.29. The Morgan fingerprint density at radius 1 is 1.10 bits per heavy atom. The standard InChI is InChI=1S/C20H17Cl2N3O4S/c1-29-15-5-3-2-4-14(15)24-18(27)10-19-25-20(28)16(30-19)9-17(26)23-11-6-7-12(21)13(22)8-11/h2-8,16H,9-10H2,1H3,(H,23,26)(H,24,27). The molecule has 0 saturated carbocycles. The Kier molecular flexibility index (Phi) is 7.36. The molecule has 0 saturated heterocycles. The largest absolute Gasteiger partial charge is 0.495 e. The number of hydrogen-bond acceptors (Lipinski definition) is 5. The van der Waals surface area contributed by atoms with Crippen molar-refractivity contribution in [3.8, 4) is 5.75 Å². The number of carbonyl (C=O) groups excluding carboxylic acids is 3. The Balaban J connectivity index is 1.52. The zero-order valence-corrected chi connectivity index (χ0v) is 18.1. The van der Waals surface area contributed by atoms with Gasteiger partial charge in [-0.2, -0.15) is 0 Å². The van der Waals surface area contributed by atoms with Gasteiger partial charge in [0.25, 0.3) is 5.91 Å². The summed E-state index contributed by atoms with van der Waals surface area (Å²) in [4.78, 5) is 40.6. The monoisotopic (exact) mass is 465 g/mol. The van der Waals surface area contributed by atoms with Crippen molar-refractivity contribution in [1.82, 2.24) is 0 Å². The Bertz CT molecular complexity index is 1030. The van der Waals surface area contributed by atoms with E-state index in [1.165, 1.54) is 13.2 Å². The van der Waals surface area contributed by atoms with E-state index in [0.29, 0.717) is 32.2 Å². The van der Waals surface area contributed by atoms with Gasteiger partial charge in [0, 0.05) is 12.1 Å².